The molecule has 3 heteroatoms. The van der Waals surface area contributed by atoms with Crippen LogP contribution in [0.3, 0.4) is 0 Å². The van der Waals surface area contributed by atoms with E-state index in [4.69, 9.17) is 5.11 Å². The molecule has 0 aromatic heterocycles. The van der Waals surface area contributed by atoms with Gasteiger partial charge < -0.3 is 5.11 Å². The molecule has 0 bridgehead atoms. The Labute approximate surface area is 76.7 Å². The first-order valence-corrected chi connectivity index (χ1v) is 5.75. The van der Waals surface area contributed by atoms with Crippen LogP contribution in [0.4, 0.5) is 0 Å². The monoisotopic (exact) mass is 186 g/mol. The molecule has 1 atom stereocenters. The van der Waals surface area contributed by atoms with Crippen LogP contribution in [0.15, 0.2) is 0 Å². The highest BCUT2D eigenvalue weighted by atomic mass is 32.2. The Morgan fingerprint density at radius 2 is 2.00 bits per heavy atom. The maximum Gasteiger partial charge on any atom is 0.307 e. The van der Waals surface area contributed by atoms with Gasteiger partial charge in [0, 0.05) is 0 Å². The molecule has 1 saturated carbocycles. The first kappa shape index (κ1) is 8.42. The molecule has 1 N–H and O–H groups in total. The van der Waals surface area contributed by atoms with E-state index >= 15 is 0 Å². The predicted molar refractivity (Wildman–Crippen MR) is 49.3 cm³/mol. The Kier molecular flexibility index (Phi) is 2.31. The highest BCUT2D eigenvalue weighted by Crippen LogP contribution is 2.42. The SMILES string of the molecule is O=C(O)C(C1CCC1)C1CSC1. The third-order valence-electron chi connectivity index (χ3n) is 3.11. The zero-order valence-corrected chi connectivity index (χ0v) is 7.85. The maximum absolute atomic E-state index is 11.0. The summed E-state index contributed by atoms with van der Waals surface area (Å²) in [6.45, 7) is 0. The number of hydrogen-bond donors (Lipinski definition) is 1. The van der Waals surface area contributed by atoms with Gasteiger partial charge in [-0.3, -0.25) is 4.79 Å². The quantitative estimate of drug-likeness (QED) is 0.731. The van der Waals surface area contributed by atoms with Crippen molar-refractivity contribution in [3.8, 4) is 0 Å². The second-order valence-electron chi connectivity index (χ2n) is 3.85. The average Bonchev–Trinajstić information content (AvgIpc) is 1.77. The molecule has 0 spiro atoms. The van der Waals surface area contributed by atoms with Gasteiger partial charge >= 0.3 is 5.97 Å². The van der Waals surface area contributed by atoms with Gasteiger partial charge in [0.25, 0.3) is 0 Å². The minimum absolute atomic E-state index is 0.0139. The summed E-state index contributed by atoms with van der Waals surface area (Å²) in [4.78, 5) is 11.0. The fraction of sp³-hybridized carbons (Fsp3) is 0.889. The van der Waals surface area contributed by atoms with E-state index in [0.717, 1.165) is 24.3 Å². The fourth-order valence-corrected chi connectivity index (χ4v) is 2.97. The lowest BCUT2D eigenvalue weighted by Crippen LogP contribution is -2.40. The predicted octanol–water partition coefficient (Wildman–Crippen LogP) is 1.85. The van der Waals surface area contributed by atoms with Gasteiger partial charge in [0.2, 0.25) is 0 Å². The van der Waals surface area contributed by atoms with Crippen LogP contribution in [0.5, 0.6) is 0 Å². The number of carboxylic acids is 1. The summed E-state index contributed by atoms with van der Waals surface area (Å²) in [5, 5.41) is 9.03. The fourth-order valence-electron chi connectivity index (χ4n) is 2.05. The molecule has 1 saturated heterocycles. The van der Waals surface area contributed by atoms with Crippen LogP contribution < -0.4 is 0 Å². The van der Waals surface area contributed by atoms with E-state index in [2.05, 4.69) is 0 Å². The number of carboxylic acid groups (broad SMARTS) is 1. The molecule has 2 rings (SSSR count). The third-order valence-corrected chi connectivity index (χ3v) is 4.44. The van der Waals surface area contributed by atoms with E-state index in [-0.39, 0.29) is 5.92 Å². The van der Waals surface area contributed by atoms with Crippen LogP contribution in [-0.4, -0.2) is 22.6 Å². The van der Waals surface area contributed by atoms with E-state index in [1.807, 2.05) is 11.8 Å². The Morgan fingerprint density at radius 3 is 2.25 bits per heavy atom. The smallest absolute Gasteiger partial charge is 0.307 e. The van der Waals surface area contributed by atoms with E-state index in [0.29, 0.717) is 11.8 Å². The van der Waals surface area contributed by atoms with E-state index in [9.17, 15) is 4.79 Å². The molecule has 2 nitrogen and oxygen atoms in total. The molecular weight excluding hydrogens is 172 g/mol. The minimum atomic E-state index is -0.551. The summed E-state index contributed by atoms with van der Waals surface area (Å²) in [6, 6.07) is 0. The first-order valence-electron chi connectivity index (χ1n) is 4.59. The van der Waals surface area contributed by atoms with Crippen molar-refractivity contribution < 1.29 is 9.90 Å². The zero-order chi connectivity index (χ0) is 8.55. The van der Waals surface area contributed by atoms with Crippen LogP contribution in [-0.2, 0) is 4.79 Å². The van der Waals surface area contributed by atoms with E-state index in [1.54, 1.807) is 0 Å². The molecule has 0 aromatic rings. The van der Waals surface area contributed by atoms with Gasteiger partial charge in [0.15, 0.2) is 0 Å². The number of thioether (sulfide) groups is 1. The maximum atomic E-state index is 11.0. The Hall–Kier alpha value is -0.180. The molecule has 2 fully saturated rings. The summed E-state index contributed by atoms with van der Waals surface area (Å²) >= 11 is 1.88. The second-order valence-corrected chi connectivity index (χ2v) is 4.93. The first-order chi connectivity index (χ1) is 5.79. The Balaban J connectivity index is 1.95. The molecule has 1 aliphatic heterocycles. The largest absolute Gasteiger partial charge is 0.481 e. The van der Waals surface area contributed by atoms with Crippen molar-refractivity contribution in [3.63, 3.8) is 0 Å². The number of carbonyl (C=O) groups is 1. The van der Waals surface area contributed by atoms with Crippen molar-refractivity contribution in [2.45, 2.75) is 19.3 Å². The molecule has 0 aromatic carbocycles. The van der Waals surface area contributed by atoms with Gasteiger partial charge in [-0.15, -0.1) is 0 Å². The van der Waals surface area contributed by atoms with Crippen molar-refractivity contribution >= 4 is 17.7 Å². The van der Waals surface area contributed by atoms with E-state index < -0.39 is 5.97 Å². The van der Waals surface area contributed by atoms with Gasteiger partial charge in [-0.25, -0.2) is 0 Å². The molecule has 0 radical (unpaired) electrons. The highest BCUT2D eigenvalue weighted by Gasteiger charge is 2.40. The summed E-state index contributed by atoms with van der Waals surface area (Å²) in [7, 11) is 0. The van der Waals surface area contributed by atoms with Gasteiger partial charge in [0.05, 0.1) is 5.92 Å². The van der Waals surface area contributed by atoms with Crippen molar-refractivity contribution in [1.29, 1.82) is 0 Å². The highest BCUT2D eigenvalue weighted by molar-refractivity contribution is 8.00. The number of rotatable bonds is 3. The molecule has 1 unspecified atom stereocenters. The standard InChI is InChI=1S/C9H14O2S/c10-9(11)8(6-2-1-3-6)7-4-12-5-7/h6-8H,1-5H2,(H,10,11). The lowest BCUT2D eigenvalue weighted by atomic mass is 9.71. The summed E-state index contributed by atoms with van der Waals surface area (Å²) in [5.41, 5.74) is 0. The van der Waals surface area contributed by atoms with Crippen LogP contribution in [0, 0.1) is 17.8 Å². The topological polar surface area (TPSA) is 37.3 Å². The molecular formula is C9H14O2S. The van der Waals surface area contributed by atoms with Crippen LogP contribution >= 0.6 is 11.8 Å². The summed E-state index contributed by atoms with van der Waals surface area (Å²) < 4.78 is 0. The van der Waals surface area contributed by atoms with Gasteiger partial charge in [-0.2, -0.15) is 11.8 Å². The van der Waals surface area contributed by atoms with Gasteiger partial charge in [-0.05, 0) is 36.2 Å². The molecule has 2 aliphatic rings. The lowest BCUT2D eigenvalue weighted by molar-refractivity contribution is -0.147. The molecule has 12 heavy (non-hydrogen) atoms. The van der Waals surface area contributed by atoms with E-state index in [1.165, 1.54) is 6.42 Å². The second kappa shape index (κ2) is 3.29. The molecule has 68 valence electrons. The number of hydrogen-bond acceptors (Lipinski definition) is 2. The van der Waals surface area contributed by atoms with Crippen LogP contribution in [0.2, 0.25) is 0 Å². The van der Waals surface area contributed by atoms with Crippen molar-refractivity contribution in [1.82, 2.24) is 0 Å². The summed E-state index contributed by atoms with van der Waals surface area (Å²) in [6.07, 6.45) is 3.55. The third kappa shape index (κ3) is 1.35. The zero-order valence-electron chi connectivity index (χ0n) is 7.03. The lowest BCUT2D eigenvalue weighted by Gasteiger charge is -2.39. The average molecular weight is 186 g/mol. The molecule has 1 aliphatic carbocycles. The molecule has 0 amide bonds. The van der Waals surface area contributed by atoms with Crippen molar-refractivity contribution in [2.75, 3.05) is 11.5 Å². The van der Waals surface area contributed by atoms with Crippen molar-refractivity contribution in [2.24, 2.45) is 17.8 Å². The Morgan fingerprint density at radius 1 is 1.33 bits per heavy atom. The molecule has 1 heterocycles. The van der Waals surface area contributed by atoms with Gasteiger partial charge in [-0.1, -0.05) is 6.42 Å². The normalized spacial score (nSPS) is 27.3. The number of aliphatic carboxylic acids is 1. The minimum Gasteiger partial charge on any atom is -0.481 e. The van der Waals surface area contributed by atoms with Crippen molar-refractivity contribution in [3.05, 3.63) is 0 Å². The Bertz CT molecular complexity index is 171. The van der Waals surface area contributed by atoms with Crippen LogP contribution in [0.1, 0.15) is 19.3 Å². The summed E-state index contributed by atoms with van der Waals surface area (Å²) in [5.74, 6) is 2.58. The van der Waals surface area contributed by atoms with Gasteiger partial charge in [0.1, 0.15) is 0 Å². The van der Waals surface area contributed by atoms with Crippen LogP contribution in [0.25, 0.3) is 0 Å².